The standard InChI is InChI=1S/C11H21N3O4/c1-18-11(17)14-6-3-2-5-9(12)10(16)13-7-4-8-15/h8-9H,2-7,12H2,1H3,(H,13,16)(H,14,17). The first-order valence-electron chi connectivity index (χ1n) is 5.90. The van der Waals surface area contributed by atoms with Crippen LogP contribution in [0.3, 0.4) is 0 Å². The van der Waals surface area contributed by atoms with E-state index in [4.69, 9.17) is 5.73 Å². The monoisotopic (exact) mass is 259 g/mol. The van der Waals surface area contributed by atoms with Crippen molar-refractivity contribution in [2.75, 3.05) is 20.2 Å². The summed E-state index contributed by atoms with van der Waals surface area (Å²) in [5.74, 6) is -0.252. The highest BCUT2D eigenvalue weighted by Crippen LogP contribution is 1.98. The SMILES string of the molecule is COC(=O)NCCCCC(N)C(=O)NCCC=O. The molecule has 1 atom stereocenters. The van der Waals surface area contributed by atoms with Crippen molar-refractivity contribution in [1.29, 1.82) is 0 Å². The van der Waals surface area contributed by atoms with Gasteiger partial charge in [0.15, 0.2) is 0 Å². The van der Waals surface area contributed by atoms with Crippen LogP contribution in [0.15, 0.2) is 0 Å². The smallest absolute Gasteiger partial charge is 0.406 e. The minimum absolute atomic E-state index is 0.252. The van der Waals surface area contributed by atoms with Crippen LogP contribution in [0.5, 0.6) is 0 Å². The maximum atomic E-state index is 11.4. The van der Waals surface area contributed by atoms with E-state index in [-0.39, 0.29) is 5.91 Å². The maximum absolute atomic E-state index is 11.4. The van der Waals surface area contributed by atoms with E-state index in [0.717, 1.165) is 19.1 Å². The number of nitrogens with two attached hydrogens (primary N) is 1. The predicted molar refractivity (Wildman–Crippen MR) is 65.9 cm³/mol. The number of hydrogen-bond donors (Lipinski definition) is 3. The molecule has 4 N–H and O–H groups in total. The lowest BCUT2D eigenvalue weighted by atomic mass is 10.1. The first-order valence-corrected chi connectivity index (χ1v) is 5.90. The van der Waals surface area contributed by atoms with Crippen molar-refractivity contribution in [3.63, 3.8) is 0 Å². The molecule has 104 valence electrons. The summed E-state index contributed by atoms with van der Waals surface area (Å²) in [6.45, 7) is 0.812. The summed E-state index contributed by atoms with van der Waals surface area (Å²) in [6, 6.07) is -0.574. The minimum Gasteiger partial charge on any atom is -0.453 e. The van der Waals surface area contributed by atoms with Crippen LogP contribution < -0.4 is 16.4 Å². The molecule has 0 heterocycles. The number of nitrogens with one attached hydrogen (secondary N) is 2. The summed E-state index contributed by atoms with van der Waals surface area (Å²) >= 11 is 0. The Kier molecular flexibility index (Phi) is 9.57. The third-order valence-corrected chi connectivity index (χ3v) is 2.29. The van der Waals surface area contributed by atoms with Crippen LogP contribution >= 0.6 is 0 Å². The van der Waals surface area contributed by atoms with Gasteiger partial charge in [-0.2, -0.15) is 0 Å². The zero-order valence-electron chi connectivity index (χ0n) is 10.6. The average molecular weight is 259 g/mol. The van der Waals surface area contributed by atoms with Crippen LogP contribution in [0.2, 0.25) is 0 Å². The molecule has 2 amide bonds. The summed E-state index contributed by atoms with van der Waals surface area (Å²) < 4.78 is 4.40. The van der Waals surface area contributed by atoms with Crippen molar-refractivity contribution < 1.29 is 19.1 Å². The summed E-state index contributed by atoms with van der Waals surface area (Å²) in [5, 5.41) is 5.10. The van der Waals surface area contributed by atoms with E-state index in [1.165, 1.54) is 7.11 Å². The zero-order valence-corrected chi connectivity index (χ0v) is 10.6. The van der Waals surface area contributed by atoms with Gasteiger partial charge in [0, 0.05) is 19.5 Å². The van der Waals surface area contributed by atoms with Gasteiger partial charge in [-0.05, 0) is 19.3 Å². The molecule has 0 aliphatic heterocycles. The predicted octanol–water partition coefficient (Wildman–Crippen LogP) is -0.455. The summed E-state index contributed by atoms with van der Waals surface area (Å²) in [5.41, 5.74) is 5.66. The van der Waals surface area contributed by atoms with Crippen LogP contribution in [0.25, 0.3) is 0 Å². The Balaban J connectivity index is 3.51. The Hall–Kier alpha value is -1.63. The van der Waals surface area contributed by atoms with Gasteiger partial charge in [-0.3, -0.25) is 4.79 Å². The summed E-state index contributed by atoms with van der Waals surface area (Å²) in [7, 11) is 1.30. The van der Waals surface area contributed by atoms with Crippen LogP contribution in [0, 0.1) is 0 Å². The highest BCUT2D eigenvalue weighted by molar-refractivity contribution is 5.81. The molecule has 0 rings (SSSR count). The molecule has 0 fully saturated rings. The summed E-state index contributed by atoms with van der Waals surface area (Å²) in [4.78, 5) is 32.2. The number of alkyl carbamates (subject to hydrolysis) is 1. The van der Waals surface area contributed by atoms with E-state index in [1.807, 2.05) is 0 Å². The third kappa shape index (κ3) is 8.51. The number of methoxy groups -OCH3 is 1. The zero-order chi connectivity index (χ0) is 13.8. The number of aldehydes is 1. The van der Waals surface area contributed by atoms with Crippen molar-refractivity contribution in [2.45, 2.75) is 31.7 Å². The largest absolute Gasteiger partial charge is 0.453 e. The Morgan fingerprint density at radius 1 is 1.28 bits per heavy atom. The first-order chi connectivity index (χ1) is 8.61. The lowest BCUT2D eigenvalue weighted by Crippen LogP contribution is -2.41. The maximum Gasteiger partial charge on any atom is 0.406 e. The fourth-order valence-electron chi connectivity index (χ4n) is 1.27. The highest BCUT2D eigenvalue weighted by Gasteiger charge is 2.11. The van der Waals surface area contributed by atoms with Crippen LogP contribution in [-0.4, -0.2) is 44.5 Å². The Labute approximate surface area is 106 Å². The molecule has 0 aliphatic rings. The molecule has 0 spiro atoms. The Morgan fingerprint density at radius 3 is 2.61 bits per heavy atom. The molecular weight excluding hydrogens is 238 g/mol. The molecule has 0 bridgehead atoms. The van der Waals surface area contributed by atoms with E-state index < -0.39 is 12.1 Å². The molecule has 0 saturated carbocycles. The van der Waals surface area contributed by atoms with Crippen molar-refractivity contribution in [2.24, 2.45) is 5.73 Å². The number of rotatable bonds is 9. The molecule has 0 radical (unpaired) electrons. The van der Waals surface area contributed by atoms with Gasteiger partial charge in [-0.15, -0.1) is 0 Å². The highest BCUT2D eigenvalue weighted by atomic mass is 16.5. The Morgan fingerprint density at radius 2 is 2.00 bits per heavy atom. The second kappa shape index (κ2) is 10.5. The molecule has 0 aromatic carbocycles. The lowest BCUT2D eigenvalue weighted by Gasteiger charge is -2.11. The molecule has 0 saturated heterocycles. The van der Waals surface area contributed by atoms with Crippen molar-refractivity contribution in [3.05, 3.63) is 0 Å². The molecule has 0 aliphatic carbocycles. The van der Waals surface area contributed by atoms with E-state index >= 15 is 0 Å². The van der Waals surface area contributed by atoms with Gasteiger partial charge in [0.1, 0.15) is 6.29 Å². The van der Waals surface area contributed by atoms with Crippen molar-refractivity contribution in [1.82, 2.24) is 10.6 Å². The normalized spacial score (nSPS) is 11.4. The Bertz CT molecular complexity index is 271. The molecule has 7 heteroatoms. The molecule has 7 nitrogen and oxygen atoms in total. The van der Waals surface area contributed by atoms with Crippen molar-refractivity contribution in [3.8, 4) is 0 Å². The van der Waals surface area contributed by atoms with Crippen LogP contribution in [-0.2, 0) is 14.3 Å². The number of hydrogen-bond acceptors (Lipinski definition) is 5. The number of ether oxygens (including phenoxy) is 1. The van der Waals surface area contributed by atoms with Gasteiger partial charge >= 0.3 is 6.09 Å². The minimum atomic E-state index is -0.574. The number of carbonyl (C=O) groups is 3. The third-order valence-electron chi connectivity index (χ3n) is 2.29. The summed E-state index contributed by atoms with van der Waals surface area (Å²) in [6.07, 6.45) is 2.56. The molecular formula is C11H21N3O4. The van der Waals surface area contributed by atoms with E-state index in [9.17, 15) is 14.4 Å². The molecule has 0 aromatic rings. The van der Waals surface area contributed by atoms with E-state index in [0.29, 0.717) is 25.9 Å². The number of amides is 2. The lowest BCUT2D eigenvalue weighted by molar-refractivity contribution is -0.122. The average Bonchev–Trinajstić information content (AvgIpc) is 2.37. The molecule has 1 unspecified atom stereocenters. The van der Waals surface area contributed by atoms with Crippen LogP contribution in [0.4, 0.5) is 4.79 Å². The van der Waals surface area contributed by atoms with E-state index in [2.05, 4.69) is 15.4 Å². The quantitative estimate of drug-likeness (QED) is 0.383. The number of carbonyl (C=O) groups excluding carboxylic acids is 3. The second-order valence-electron chi connectivity index (χ2n) is 3.77. The van der Waals surface area contributed by atoms with Gasteiger partial charge in [-0.1, -0.05) is 0 Å². The molecule has 0 aromatic heterocycles. The van der Waals surface area contributed by atoms with Gasteiger partial charge in [0.05, 0.1) is 13.2 Å². The van der Waals surface area contributed by atoms with Gasteiger partial charge in [0.25, 0.3) is 0 Å². The fraction of sp³-hybridized carbons (Fsp3) is 0.727. The van der Waals surface area contributed by atoms with E-state index in [1.54, 1.807) is 0 Å². The fourth-order valence-corrected chi connectivity index (χ4v) is 1.27. The van der Waals surface area contributed by atoms with Crippen molar-refractivity contribution >= 4 is 18.3 Å². The second-order valence-corrected chi connectivity index (χ2v) is 3.77. The van der Waals surface area contributed by atoms with Gasteiger partial charge < -0.3 is 25.9 Å². The molecule has 18 heavy (non-hydrogen) atoms. The topological polar surface area (TPSA) is 111 Å². The van der Waals surface area contributed by atoms with Crippen LogP contribution in [0.1, 0.15) is 25.7 Å². The first kappa shape index (κ1) is 16.4. The van der Waals surface area contributed by atoms with Gasteiger partial charge in [-0.25, -0.2) is 4.79 Å². The van der Waals surface area contributed by atoms with Gasteiger partial charge in [0.2, 0.25) is 5.91 Å². The number of unbranched alkanes of at least 4 members (excludes halogenated alkanes) is 1.